The zero-order chi connectivity index (χ0) is 26.3. The molecule has 1 unspecified atom stereocenters. The van der Waals surface area contributed by atoms with Crippen molar-refractivity contribution in [2.24, 2.45) is 5.92 Å². The number of carbonyl (C=O) groups excluding carboxylic acids is 2. The van der Waals surface area contributed by atoms with Crippen LogP contribution in [0.4, 0.5) is 5.69 Å². The minimum atomic E-state index is -3.84. The van der Waals surface area contributed by atoms with E-state index in [0.29, 0.717) is 12.3 Å². The van der Waals surface area contributed by atoms with Crippen LogP contribution < -0.4 is 14.4 Å². The third kappa shape index (κ3) is 8.14. The van der Waals surface area contributed by atoms with E-state index in [-0.39, 0.29) is 29.1 Å². The Morgan fingerprint density at radius 3 is 2.23 bits per heavy atom. The number of carbonyl (C=O) groups is 2. The summed E-state index contributed by atoms with van der Waals surface area (Å²) in [6.45, 7) is 7.67. The Labute approximate surface area is 213 Å². The summed E-state index contributed by atoms with van der Waals surface area (Å²) in [6.07, 6.45) is 1.02. The molecule has 2 rings (SSSR count). The van der Waals surface area contributed by atoms with Gasteiger partial charge in [0.2, 0.25) is 21.8 Å². The molecule has 1 N–H and O–H groups in total. The molecule has 35 heavy (non-hydrogen) atoms. The van der Waals surface area contributed by atoms with Crippen LogP contribution in [0.3, 0.4) is 0 Å². The molecule has 0 aromatic heterocycles. The molecule has 0 saturated carbocycles. The van der Waals surface area contributed by atoms with Gasteiger partial charge in [0.1, 0.15) is 18.3 Å². The summed E-state index contributed by atoms with van der Waals surface area (Å²) >= 11 is 6.20. The Balaban J connectivity index is 2.38. The van der Waals surface area contributed by atoms with E-state index in [0.717, 1.165) is 21.7 Å². The van der Waals surface area contributed by atoms with Crippen LogP contribution in [-0.4, -0.2) is 57.6 Å². The number of methoxy groups -OCH3 is 1. The van der Waals surface area contributed by atoms with Gasteiger partial charge in [-0.1, -0.05) is 55.3 Å². The van der Waals surface area contributed by atoms with E-state index in [4.69, 9.17) is 16.3 Å². The molecule has 0 aliphatic heterocycles. The first-order chi connectivity index (χ1) is 16.3. The summed E-state index contributed by atoms with van der Waals surface area (Å²) in [5.74, 6) is -0.202. The van der Waals surface area contributed by atoms with Crippen LogP contribution in [0.15, 0.2) is 42.5 Å². The number of hydrogen-bond donors (Lipinski definition) is 1. The lowest BCUT2D eigenvalue weighted by Crippen LogP contribution is -2.51. The minimum Gasteiger partial charge on any atom is -0.495 e. The fraction of sp³-hybridized carbons (Fsp3) is 0.440. The van der Waals surface area contributed by atoms with Crippen molar-refractivity contribution in [3.63, 3.8) is 0 Å². The average molecular weight is 524 g/mol. The number of ether oxygens (including phenoxy) is 1. The molecule has 0 aliphatic carbocycles. The van der Waals surface area contributed by atoms with Crippen molar-refractivity contribution in [3.05, 3.63) is 58.6 Å². The van der Waals surface area contributed by atoms with Gasteiger partial charge in [-0.05, 0) is 43.5 Å². The summed E-state index contributed by atoms with van der Waals surface area (Å²) in [7, 11) is -2.39. The van der Waals surface area contributed by atoms with Gasteiger partial charge < -0.3 is 15.0 Å². The maximum atomic E-state index is 13.5. The molecule has 192 valence electrons. The number of nitrogens with zero attached hydrogens (tertiary/aromatic N) is 2. The van der Waals surface area contributed by atoms with Crippen molar-refractivity contribution in [1.29, 1.82) is 0 Å². The summed E-state index contributed by atoms with van der Waals surface area (Å²) in [6, 6.07) is 11.3. The maximum absolute atomic E-state index is 13.5. The second-order valence-electron chi connectivity index (χ2n) is 8.91. The molecule has 0 radical (unpaired) electrons. The molecule has 8 nitrogen and oxygen atoms in total. The number of nitrogens with one attached hydrogen (secondary N) is 1. The number of hydrogen-bond acceptors (Lipinski definition) is 5. The summed E-state index contributed by atoms with van der Waals surface area (Å²) in [5.41, 5.74) is 2.11. The zero-order valence-corrected chi connectivity index (χ0v) is 22.6. The molecular formula is C25H34ClN3O5S. The van der Waals surface area contributed by atoms with Crippen LogP contribution in [0.1, 0.15) is 31.9 Å². The van der Waals surface area contributed by atoms with Crippen molar-refractivity contribution < 1.29 is 22.7 Å². The molecule has 1 atom stereocenters. The SMILES string of the molecule is COc1ccc(N(CC(=O)N(Cc2ccc(C)cc2)C(C)C(=O)NCC(C)C)S(C)(=O)=O)cc1Cl. The van der Waals surface area contributed by atoms with Gasteiger partial charge >= 0.3 is 0 Å². The molecular weight excluding hydrogens is 490 g/mol. The predicted molar refractivity (Wildman–Crippen MR) is 139 cm³/mol. The molecule has 0 bridgehead atoms. The van der Waals surface area contributed by atoms with Gasteiger partial charge in [-0.2, -0.15) is 0 Å². The normalized spacial score (nSPS) is 12.2. The van der Waals surface area contributed by atoms with Gasteiger partial charge in [0.05, 0.1) is 24.1 Å². The third-order valence-electron chi connectivity index (χ3n) is 5.43. The standard InChI is InChI=1S/C25H34ClN3O5S/c1-17(2)14-27-25(31)19(4)28(15-20-9-7-18(3)8-10-20)24(30)16-29(35(6,32)33)21-11-12-23(34-5)22(26)13-21/h7-13,17,19H,14-16H2,1-6H3,(H,27,31). The average Bonchev–Trinajstić information content (AvgIpc) is 2.79. The van der Waals surface area contributed by atoms with Crippen molar-refractivity contribution in [1.82, 2.24) is 10.2 Å². The van der Waals surface area contributed by atoms with E-state index < -0.39 is 28.5 Å². The molecule has 2 aromatic carbocycles. The second-order valence-corrected chi connectivity index (χ2v) is 11.2. The highest BCUT2D eigenvalue weighted by molar-refractivity contribution is 7.92. The molecule has 0 heterocycles. The van der Waals surface area contributed by atoms with Crippen LogP contribution in [0.5, 0.6) is 5.75 Å². The van der Waals surface area contributed by atoms with Crippen LogP contribution in [0.2, 0.25) is 5.02 Å². The van der Waals surface area contributed by atoms with Gasteiger partial charge in [0.25, 0.3) is 0 Å². The first kappa shape index (κ1) is 28.5. The van der Waals surface area contributed by atoms with Gasteiger partial charge in [-0.15, -0.1) is 0 Å². The first-order valence-corrected chi connectivity index (χ1v) is 13.5. The molecule has 10 heteroatoms. The van der Waals surface area contributed by atoms with Gasteiger partial charge in [-0.25, -0.2) is 8.42 Å². The van der Waals surface area contributed by atoms with E-state index in [1.807, 2.05) is 45.0 Å². The fourth-order valence-electron chi connectivity index (χ4n) is 3.35. The Morgan fingerprint density at radius 1 is 1.09 bits per heavy atom. The van der Waals surface area contributed by atoms with E-state index in [2.05, 4.69) is 5.32 Å². The maximum Gasteiger partial charge on any atom is 0.244 e. The largest absolute Gasteiger partial charge is 0.495 e. The van der Waals surface area contributed by atoms with Crippen LogP contribution in [-0.2, 0) is 26.2 Å². The van der Waals surface area contributed by atoms with E-state index >= 15 is 0 Å². The van der Waals surface area contributed by atoms with Gasteiger partial charge in [-0.3, -0.25) is 13.9 Å². The van der Waals surface area contributed by atoms with E-state index in [1.165, 1.54) is 30.2 Å². The monoisotopic (exact) mass is 523 g/mol. The predicted octanol–water partition coefficient (Wildman–Crippen LogP) is 3.61. The van der Waals surface area contributed by atoms with Crippen LogP contribution in [0, 0.1) is 12.8 Å². The lowest BCUT2D eigenvalue weighted by Gasteiger charge is -2.31. The summed E-state index contributed by atoms with van der Waals surface area (Å²) in [4.78, 5) is 27.7. The second kappa shape index (κ2) is 12.3. The van der Waals surface area contributed by atoms with E-state index in [9.17, 15) is 18.0 Å². The highest BCUT2D eigenvalue weighted by Crippen LogP contribution is 2.30. The fourth-order valence-corrected chi connectivity index (χ4v) is 4.44. The lowest BCUT2D eigenvalue weighted by molar-refractivity contribution is -0.139. The van der Waals surface area contributed by atoms with Crippen molar-refractivity contribution in [3.8, 4) is 5.75 Å². The lowest BCUT2D eigenvalue weighted by atomic mass is 10.1. The number of halogens is 1. The molecule has 0 fully saturated rings. The molecule has 0 spiro atoms. The van der Waals surface area contributed by atoms with Crippen LogP contribution in [0.25, 0.3) is 0 Å². The Kier molecular flexibility index (Phi) is 9.97. The number of anilines is 1. The quantitative estimate of drug-likeness (QED) is 0.485. The van der Waals surface area contributed by atoms with Gasteiger partial charge in [0.15, 0.2) is 0 Å². The Bertz CT molecular complexity index is 1140. The molecule has 2 aromatic rings. The number of rotatable bonds is 11. The van der Waals surface area contributed by atoms with Crippen LogP contribution >= 0.6 is 11.6 Å². The topological polar surface area (TPSA) is 96.0 Å². The number of amides is 2. The third-order valence-corrected chi connectivity index (χ3v) is 6.86. The van der Waals surface area contributed by atoms with Crippen molar-refractivity contribution in [2.45, 2.75) is 40.3 Å². The van der Waals surface area contributed by atoms with Gasteiger partial charge in [0, 0.05) is 13.1 Å². The number of benzene rings is 2. The summed E-state index contributed by atoms with van der Waals surface area (Å²) in [5, 5.41) is 3.06. The molecule has 2 amide bonds. The zero-order valence-electron chi connectivity index (χ0n) is 21.0. The first-order valence-electron chi connectivity index (χ1n) is 11.3. The number of aryl methyl sites for hydroxylation is 1. The molecule has 0 saturated heterocycles. The van der Waals surface area contributed by atoms with E-state index in [1.54, 1.807) is 6.92 Å². The minimum absolute atomic E-state index is 0.149. The Morgan fingerprint density at radius 2 is 1.71 bits per heavy atom. The van der Waals surface area contributed by atoms with Crippen molar-refractivity contribution >= 4 is 39.1 Å². The highest BCUT2D eigenvalue weighted by Gasteiger charge is 2.30. The highest BCUT2D eigenvalue weighted by atomic mass is 35.5. The number of sulfonamides is 1. The molecule has 0 aliphatic rings. The summed E-state index contributed by atoms with van der Waals surface area (Å²) < 4.78 is 31.4. The smallest absolute Gasteiger partial charge is 0.244 e. The Hall–Kier alpha value is -2.78. The van der Waals surface area contributed by atoms with Crippen molar-refractivity contribution in [2.75, 3.05) is 30.8 Å².